The molecule has 0 amide bonds. The molecule has 4 heterocycles. The largest absolute Gasteiger partial charge is 0.393 e. The van der Waals surface area contributed by atoms with Crippen molar-refractivity contribution in [1.29, 1.82) is 0 Å². The van der Waals surface area contributed by atoms with Crippen LogP contribution < -0.4 is 5.56 Å². The van der Waals surface area contributed by atoms with Crippen LogP contribution >= 0.6 is 11.6 Å². The number of aryl methyl sites for hydroxylation is 1. The molecule has 2 aliphatic rings. The van der Waals surface area contributed by atoms with E-state index in [1.165, 1.54) is 7.11 Å². The minimum Gasteiger partial charge on any atom is -0.393 e. The number of fused-ring (bicyclic) bond motifs is 4. The third-order valence-corrected chi connectivity index (χ3v) is 7.79. The number of aliphatic hydroxyl groups excluding tert-OH is 2. The Kier molecular flexibility index (Phi) is 6.98. The molecule has 5 rings (SSSR count). The van der Waals surface area contributed by atoms with Crippen molar-refractivity contribution in [3.8, 4) is 11.4 Å². The molecule has 1 aromatic carbocycles. The molecule has 1 atom stereocenters. The van der Waals surface area contributed by atoms with E-state index in [2.05, 4.69) is 11.0 Å². The monoisotopic (exact) mass is 511 g/mol. The summed E-state index contributed by atoms with van der Waals surface area (Å²) in [5, 5.41) is 22.3. The molecular weight excluding hydrogens is 482 g/mol. The highest BCUT2D eigenvalue weighted by atomic mass is 35.5. The Hall–Kier alpha value is -2.62. The molecule has 2 aromatic heterocycles. The van der Waals surface area contributed by atoms with Gasteiger partial charge in [0.25, 0.3) is 5.56 Å². The zero-order valence-electron chi connectivity index (χ0n) is 20.5. The zero-order valence-corrected chi connectivity index (χ0v) is 21.2. The van der Waals surface area contributed by atoms with E-state index in [-0.39, 0.29) is 24.7 Å². The minimum absolute atomic E-state index is 0.0356. The zero-order chi connectivity index (χ0) is 25.6. The molecule has 0 radical (unpaired) electrons. The summed E-state index contributed by atoms with van der Waals surface area (Å²) in [6.45, 7) is 4.61. The predicted octanol–water partition coefficient (Wildman–Crippen LogP) is 3.11. The number of aldehydes is 1. The number of pyridine rings is 2. The molecule has 3 aromatic rings. The SMILES string of the molecule is COCc1c(C(O)CC=O)cc2n(c1=O)Cc1c-2nc2cc(Cl)c(C)cc2c1CN1CCC(O)CC1. The predicted molar refractivity (Wildman–Crippen MR) is 137 cm³/mol. The standard InChI is InChI=1S/C27H30ClN3O5/c1-15-9-17-19(12-30-6-3-16(33)4-7-30)20-13-31-24(26(20)29-23(17)11-22(15)28)10-18(25(34)5-8-32)21(14-36-2)27(31)35/h8-11,16,25,33-34H,3-7,12-14H2,1-2H3. The first-order valence-electron chi connectivity index (χ1n) is 12.2. The molecule has 9 heteroatoms. The minimum atomic E-state index is -1.10. The fraction of sp³-hybridized carbons (Fsp3) is 0.444. The Morgan fingerprint density at radius 1 is 1.25 bits per heavy atom. The molecule has 1 unspecified atom stereocenters. The molecule has 36 heavy (non-hydrogen) atoms. The Balaban J connectivity index is 1.71. The Morgan fingerprint density at radius 2 is 2.00 bits per heavy atom. The summed E-state index contributed by atoms with van der Waals surface area (Å²) in [7, 11) is 1.50. The van der Waals surface area contributed by atoms with E-state index in [0.717, 1.165) is 53.5 Å². The van der Waals surface area contributed by atoms with Gasteiger partial charge in [-0.05, 0) is 54.7 Å². The average molecular weight is 512 g/mol. The van der Waals surface area contributed by atoms with Crippen molar-refractivity contribution >= 4 is 28.8 Å². The number of hydrogen-bond donors (Lipinski definition) is 2. The molecule has 0 spiro atoms. The summed E-state index contributed by atoms with van der Waals surface area (Å²) < 4.78 is 6.95. The fourth-order valence-corrected chi connectivity index (χ4v) is 5.54. The van der Waals surface area contributed by atoms with E-state index in [4.69, 9.17) is 21.3 Å². The van der Waals surface area contributed by atoms with Gasteiger partial charge in [0.05, 0.1) is 42.3 Å². The first-order chi connectivity index (χ1) is 17.3. The molecule has 0 aliphatic carbocycles. The molecule has 1 fully saturated rings. The number of halogens is 1. The van der Waals surface area contributed by atoms with Crippen molar-refractivity contribution in [3.63, 3.8) is 0 Å². The smallest absolute Gasteiger partial charge is 0.257 e. The van der Waals surface area contributed by atoms with Crippen molar-refractivity contribution in [3.05, 3.63) is 61.4 Å². The van der Waals surface area contributed by atoms with Gasteiger partial charge in [0.15, 0.2) is 0 Å². The number of carbonyl (C=O) groups excluding carboxylic acids is 1. The molecule has 0 bridgehead atoms. The maximum absolute atomic E-state index is 13.6. The lowest BCUT2D eigenvalue weighted by Gasteiger charge is -2.30. The molecule has 8 nitrogen and oxygen atoms in total. The van der Waals surface area contributed by atoms with Gasteiger partial charge >= 0.3 is 0 Å². The van der Waals surface area contributed by atoms with Crippen LogP contribution in [0.1, 0.15) is 53.2 Å². The van der Waals surface area contributed by atoms with Crippen molar-refractivity contribution in [1.82, 2.24) is 14.5 Å². The number of carbonyl (C=O) groups is 1. The normalized spacial score (nSPS) is 16.8. The van der Waals surface area contributed by atoms with Crippen molar-refractivity contribution in [2.45, 2.75) is 58.1 Å². The third kappa shape index (κ3) is 4.37. The number of rotatable bonds is 7. The lowest BCUT2D eigenvalue weighted by Crippen LogP contribution is -2.35. The Morgan fingerprint density at radius 3 is 2.69 bits per heavy atom. The van der Waals surface area contributed by atoms with Crippen molar-refractivity contribution in [2.24, 2.45) is 0 Å². The lowest BCUT2D eigenvalue weighted by atomic mass is 9.97. The van der Waals surface area contributed by atoms with Crippen LogP contribution in [0.5, 0.6) is 0 Å². The van der Waals surface area contributed by atoms with E-state index in [1.807, 2.05) is 13.0 Å². The number of aromatic nitrogens is 2. The van der Waals surface area contributed by atoms with Gasteiger partial charge in [0.2, 0.25) is 0 Å². The van der Waals surface area contributed by atoms with Gasteiger partial charge in [-0.2, -0.15) is 0 Å². The van der Waals surface area contributed by atoms with E-state index in [0.29, 0.717) is 46.9 Å². The van der Waals surface area contributed by atoms with E-state index in [1.54, 1.807) is 10.6 Å². The summed E-state index contributed by atoms with van der Waals surface area (Å²) in [6.07, 6.45) is 0.623. The van der Waals surface area contributed by atoms with E-state index < -0.39 is 6.10 Å². The van der Waals surface area contributed by atoms with Gasteiger partial charge in [-0.15, -0.1) is 0 Å². The van der Waals surface area contributed by atoms with Gasteiger partial charge in [0, 0.05) is 54.7 Å². The number of likely N-dealkylation sites (tertiary alicyclic amines) is 1. The lowest BCUT2D eigenvalue weighted by molar-refractivity contribution is -0.109. The van der Waals surface area contributed by atoms with Crippen LogP contribution in [0.3, 0.4) is 0 Å². The number of nitrogens with zero attached hydrogens (tertiary/aromatic N) is 3. The van der Waals surface area contributed by atoms with Gasteiger partial charge < -0.3 is 24.3 Å². The van der Waals surface area contributed by atoms with Gasteiger partial charge in [-0.1, -0.05) is 11.6 Å². The average Bonchev–Trinajstić information content (AvgIpc) is 3.22. The van der Waals surface area contributed by atoms with Crippen LogP contribution in [0.4, 0.5) is 0 Å². The second-order valence-electron chi connectivity index (χ2n) is 9.75. The van der Waals surface area contributed by atoms with Crippen LogP contribution in [0, 0.1) is 6.92 Å². The van der Waals surface area contributed by atoms with E-state index in [9.17, 15) is 19.8 Å². The Labute approximate surface area is 214 Å². The molecule has 2 aliphatic heterocycles. The summed E-state index contributed by atoms with van der Waals surface area (Å²) in [4.78, 5) is 32.0. The molecule has 2 N–H and O–H groups in total. The van der Waals surface area contributed by atoms with Gasteiger partial charge in [0.1, 0.15) is 6.29 Å². The van der Waals surface area contributed by atoms with E-state index >= 15 is 0 Å². The number of benzene rings is 1. The highest BCUT2D eigenvalue weighted by Gasteiger charge is 2.30. The summed E-state index contributed by atoms with van der Waals surface area (Å²) in [5.41, 5.74) is 5.55. The van der Waals surface area contributed by atoms with Crippen LogP contribution in [0.2, 0.25) is 5.02 Å². The number of aliphatic hydroxyl groups is 2. The number of ether oxygens (including phenoxy) is 1. The van der Waals surface area contributed by atoms with Crippen molar-refractivity contribution in [2.75, 3.05) is 20.2 Å². The van der Waals surface area contributed by atoms with Gasteiger partial charge in [-0.25, -0.2) is 4.98 Å². The second-order valence-corrected chi connectivity index (χ2v) is 10.2. The summed E-state index contributed by atoms with van der Waals surface area (Å²) >= 11 is 6.47. The second kappa shape index (κ2) is 10.0. The third-order valence-electron chi connectivity index (χ3n) is 7.38. The number of methoxy groups -OCH3 is 1. The highest BCUT2D eigenvalue weighted by Crippen LogP contribution is 2.39. The maximum atomic E-state index is 13.6. The summed E-state index contributed by atoms with van der Waals surface area (Å²) in [5.74, 6) is 0. The molecular formula is C27H30ClN3O5. The quantitative estimate of drug-likeness (QED) is 0.367. The van der Waals surface area contributed by atoms with Crippen LogP contribution in [-0.4, -0.2) is 57.3 Å². The first-order valence-corrected chi connectivity index (χ1v) is 12.6. The number of piperidine rings is 1. The maximum Gasteiger partial charge on any atom is 0.257 e. The van der Waals surface area contributed by atoms with Crippen LogP contribution in [0.25, 0.3) is 22.3 Å². The van der Waals surface area contributed by atoms with Crippen LogP contribution in [0.15, 0.2) is 23.0 Å². The fourth-order valence-electron chi connectivity index (χ4n) is 5.39. The topological polar surface area (TPSA) is 105 Å². The highest BCUT2D eigenvalue weighted by molar-refractivity contribution is 6.32. The summed E-state index contributed by atoms with van der Waals surface area (Å²) in [6, 6.07) is 5.68. The molecule has 0 saturated carbocycles. The Bertz CT molecular complexity index is 1390. The van der Waals surface area contributed by atoms with Gasteiger partial charge in [-0.3, -0.25) is 9.69 Å². The number of hydrogen-bond acceptors (Lipinski definition) is 7. The van der Waals surface area contributed by atoms with Crippen molar-refractivity contribution < 1.29 is 19.7 Å². The first kappa shape index (κ1) is 25.0. The van der Waals surface area contributed by atoms with Crippen LogP contribution in [-0.2, 0) is 29.2 Å². The molecule has 1 saturated heterocycles. The molecule has 190 valence electrons.